The van der Waals surface area contributed by atoms with Gasteiger partial charge < -0.3 is 15.4 Å². The lowest BCUT2D eigenvalue weighted by Crippen LogP contribution is -2.28. The first-order valence-corrected chi connectivity index (χ1v) is 9.57. The van der Waals surface area contributed by atoms with Crippen LogP contribution in [0.15, 0.2) is 48.5 Å². The lowest BCUT2D eigenvalue weighted by Gasteiger charge is -2.14. The molecule has 2 amide bonds. The summed E-state index contributed by atoms with van der Waals surface area (Å²) in [5.41, 5.74) is 1.63. The Morgan fingerprint density at radius 3 is 2.46 bits per heavy atom. The van der Waals surface area contributed by atoms with E-state index in [0.717, 1.165) is 11.3 Å². The molecule has 0 heterocycles. The molecule has 26 heavy (non-hydrogen) atoms. The highest BCUT2D eigenvalue weighted by Gasteiger charge is 2.11. The first kappa shape index (κ1) is 20.1. The molecular weight excluding hydrogens is 372 g/mol. The third-order valence-corrected chi connectivity index (χ3v) is 4.73. The second-order valence-electron chi connectivity index (χ2n) is 5.61. The molecule has 2 aromatic carbocycles. The fourth-order valence-corrected chi connectivity index (χ4v) is 3.08. The highest BCUT2D eigenvalue weighted by atomic mass is 35.5. The summed E-state index contributed by atoms with van der Waals surface area (Å²) in [7, 11) is 1.59. The number of hydrogen-bond donors (Lipinski definition) is 2. The van der Waals surface area contributed by atoms with E-state index in [0.29, 0.717) is 10.7 Å². The van der Waals surface area contributed by atoms with Gasteiger partial charge in [-0.1, -0.05) is 23.7 Å². The van der Waals surface area contributed by atoms with Crippen LogP contribution >= 0.6 is 23.4 Å². The van der Waals surface area contributed by atoms with Crippen LogP contribution in [0.4, 0.5) is 5.69 Å². The molecule has 2 aromatic rings. The number of benzene rings is 2. The van der Waals surface area contributed by atoms with E-state index in [4.69, 9.17) is 16.3 Å². The van der Waals surface area contributed by atoms with Crippen LogP contribution in [0.25, 0.3) is 0 Å². The van der Waals surface area contributed by atoms with Gasteiger partial charge >= 0.3 is 0 Å². The van der Waals surface area contributed by atoms with Gasteiger partial charge in [-0.05, 0) is 48.9 Å². The zero-order chi connectivity index (χ0) is 18.9. The highest BCUT2D eigenvalue weighted by molar-refractivity contribution is 8.00. The van der Waals surface area contributed by atoms with Gasteiger partial charge in [0.25, 0.3) is 0 Å². The highest BCUT2D eigenvalue weighted by Crippen LogP contribution is 2.18. The Bertz CT molecular complexity index is 753. The lowest BCUT2D eigenvalue weighted by atomic mass is 10.1. The molecule has 0 aliphatic carbocycles. The summed E-state index contributed by atoms with van der Waals surface area (Å²) < 4.78 is 5.07. The van der Waals surface area contributed by atoms with Gasteiger partial charge in [0.05, 0.1) is 24.7 Å². The standard InChI is InChI=1S/C19H21ClN2O3S/c1-13(14-4-3-5-15(20)10-14)21-18(23)11-26-12-19(24)22-16-6-8-17(25-2)9-7-16/h3-10,13H,11-12H2,1-2H3,(H,21,23)(H,22,24). The molecule has 0 aliphatic rings. The third-order valence-electron chi connectivity index (χ3n) is 3.57. The van der Waals surface area contributed by atoms with Crippen molar-refractivity contribution in [3.63, 3.8) is 0 Å². The number of rotatable bonds is 8. The van der Waals surface area contributed by atoms with Crippen LogP contribution in [0.5, 0.6) is 5.75 Å². The van der Waals surface area contributed by atoms with E-state index in [2.05, 4.69) is 10.6 Å². The van der Waals surface area contributed by atoms with Crippen molar-refractivity contribution < 1.29 is 14.3 Å². The number of methoxy groups -OCH3 is 1. The van der Waals surface area contributed by atoms with Gasteiger partial charge in [0.15, 0.2) is 0 Å². The van der Waals surface area contributed by atoms with Crippen LogP contribution in [0.3, 0.4) is 0 Å². The van der Waals surface area contributed by atoms with E-state index in [1.165, 1.54) is 11.8 Å². The molecular formula is C19H21ClN2O3S. The van der Waals surface area contributed by atoms with E-state index in [1.54, 1.807) is 37.4 Å². The number of thioether (sulfide) groups is 1. The van der Waals surface area contributed by atoms with E-state index in [9.17, 15) is 9.59 Å². The van der Waals surface area contributed by atoms with Crippen LogP contribution in [0.1, 0.15) is 18.5 Å². The summed E-state index contributed by atoms with van der Waals surface area (Å²) in [5, 5.41) is 6.31. The number of carbonyl (C=O) groups excluding carboxylic acids is 2. The molecule has 0 saturated heterocycles. The zero-order valence-electron chi connectivity index (χ0n) is 14.6. The molecule has 0 saturated carbocycles. The minimum Gasteiger partial charge on any atom is -0.497 e. The Balaban J connectivity index is 1.70. The minimum atomic E-state index is -0.157. The van der Waals surface area contributed by atoms with Crippen LogP contribution in [-0.4, -0.2) is 30.4 Å². The van der Waals surface area contributed by atoms with Crippen molar-refractivity contribution in [3.05, 3.63) is 59.1 Å². The van der Waals surface area contributed by atoms with Crippen molar-refractivity contribution in [3.8, 4) is 5.75 Å². The Hall–Kier alpha value is -2.18. The number of nitrogens with one attached hydrogen (secondary N) is 2. The maximum atomic E-state index is 12.0. The molecule has 0 spiro atoms. The number of hydrogen-bond acceptors (Lipinski definition) is 4. The van der Waals surface area contributed by atoms with Crippen molar-refractivity contribution in [2.24, 2.45) is 0 Å². The van der Waals surface area contributed by atoms with E-state index < -0.39 is 0 Å². The van der Waals surface area contributed by atoms with Gasteiger partial charge in [0.1, 0.15) is 5.75 Å². The fourth-order valence-electron chi connectivity index (χ4n) is 2.25. The molecule has 0 fully saturated rings. The molecule has 2 N–H and O–H groups in total. The quantitative estimate of drug-likeness (QED) is 0.715. The summed E-state index contributed by atoms with van der Waals surface area (Å²) in [6.45, 7) is 1.89. The normalized spacial score (nSPS) is 11.5. The molecule has 138 valence electrons. The average molecular weight is 393 g/mol. The van der Waals surface area contributed by atoms with E-state index in [1.807, 2.05) is 25.1 Å². The predicted molar refractivity (Wildman–Crippen MR) is 107 cm³/mol. The monoisotopic (exact) mass is 392 g/mol. The van der Waals surface area contributed by atoms with Crippen LogP contribution in [-0.2, 0) is 9.59 Å². The Labute approximate surface area is 162 Å². The van der Waals surface area contributed by atoms with Crippen molar-refractivity contribution in [2.45, 2.75) is 13.0 Å². The van der Waals surface area contributed by atoms with Crippen LogP contribution in [0, 0.1) is 0 Å². The summed E-state index contributed by atoms with van der Waals surface area (Å²) >= 11 is 7.22. The molecule has 1 atom stereocenters. The molecule has 0 radical (unpaired) electrons. The average Bonchev–Trinajstić information content (AvgIpc) is 2.62. The van der Waals surface area contributed by atoms with Crippen molar-refractivity contribution >= 4 is 40.9 Å². The van der Waals surface area contributed by atoms with E-state index >= 15 is 0 Å². The Kier molecular flexibility index (Phi) is 7.81. The summed E-state index contributed by atoms with van der Waals surface area (Å²) in [4.78, 5) is 23.9. The summed E-state index contributed by atoms with van der Waals surface area (Å²) in [5.74, 6) is 0.852. The maximum absolute atomic E-state index is 12.0. The number of carbonyl (C=O) groups is 2. The zero-order valence-corrected chi connectivity index (χ0v) is 16.2. The first-order chi connectivity index (χ1) is 12.5. The van der Waals surface area contributed by atoms with E-state index in [-0.39, 0.29) is 29.4 Å². The second-order valence-corrected chi connectivity index (χ2v) is 7.04. The molecule has 5 nitrogen and oxygen atoms in total. The summed E-state index contributed by atoms with van der Waals surface area (Å²) in [6, 6.07) is 14.3. The SMILES string of the molecule is COc1ccc(NC(=O)CSCC(=O)NC(C)c2cccc(Cl)c2)cc1. The van der Waals surface area contributed by atoms with Crippen LogP contribution in [0.2, 0.25) is 5.02 Å². The predicted octanol–water partition coefficient (Wildman–Crippen LogP) is 3.90. The maximum Gasteiger partial charge on any atom is 0.234 e. The molecule has 0 aromatic heterocycles. The smallest absolute Gasteiger partial charge is 0.234 e. The van der Waals surface area contributed by atoms with Gasteiger partial charge in [-0.3, -0.25) is 9.59 Å². The molecule has 1 unspecified atom stereocenters. The number of anilines is 1. The number of amides is 2. The van der Waals surface area contributed by atoms with Crippen LogP contribution < -0.4 is 15.4 Å². The molecule has 2 rings (SSSR count). The second kappa shape index (κ2) is 10.1. The van der Waals surface area contributed by atoms with Gasteiger partial charge in [-0.2, -0.15) is 0 Å². The lowest BCUT2D eigenvalue weighted by molar-refractivity contribution is -0.119. The van der Waals surface area contributed by atoms with Crippen molar-refractivity contribution in [1.82, 2.24) is 5.32 Å². The topological polar surface area (TPSA) is 67.4 Å². The van der Waals surface area contributed by atoms with Gasteiger partial charge in [-0.15, -0.1) is 11.8 Å². The van der Waals surface area contributed by atoms with Gasteiger partial charge in [-0.25, -0.2) is 0 Å². The van der Waals surface area contributed by atoms with Crippen molar-refractivity contribution in [1.29, 1.82) is 0 Å². The van der Waals surface area contributed by atoms with Gasteiger partial charge in [0, 0.05) is 10.7 Å². The fraction of sp³-hybridized carbons (Fsp3) is 0.263. The van der Waals surface area contributed by atoms with Gasteiger partial charge in [0.2, 0.25) is 11.8 Å². The molecule has 0 bridgehead atoms. The Morgan fingerprint density at radius 2 is 1.81 bits per heavy atom. The first-order valence-electron chi connectivity index (χ1n) is 8.04. The Morgan fingerprint density at radius 1 is 1.12 bits per heavy atom. The summed E-state index contributed by atoms with van der Waals surface area (Å²) in [6.07, 6.45) is 0. The number of halogens is 1. The minimum absolute atomic E-state index is 0.125. The third kappa shape index (κ3) is 6.61. The van der Waals surface area contributed by atoms with Crippen molar-refractivity contribution in [2.75, 3.05) is 23.9 Å². The molecule has 0 aliphatic heterocycles. The largest absolute Gasteiger partial charge is 0.497 e. The number of ether oxygens (including phenoxy) is 1. The molecule has 7 heteroatoms.